The van der Waals surface area contributed by atoms with Gasteiger partial charge in [-0.3, -0.25) is 0 Å². The lowest BCUT2D eigenvalue weighted by atomic mass is 10.1. The molecule has 4 rings (SSSR count). The van der Waals surface area contributed by atoms with Gasteiger partial charge in [0.15, 0.2) is 0 Å². The molecule has 2 aromatic carbocycles. The molecule has 0 spiro atoms. The van der Waals surface area contributed by atoms with E-state index in [9.17, 15) is 0 Å². The summed E-state index contributed by atoms with van der Waals surface area (Å²) in [4.78, 5) is 1.05. The molecule has 4 aromatic rings. The van der Waals surface area contributed by atoms with Gasteiger partial charge in [-0.25, -0.2) is 0 Å². The Bertz CT molecular complexity index is 953. The second-order valence-corrected chi connectivity index (χ2v) is 7.08. The zero-order valence-corrected chi connectivity index (χ0v) is 14.2. The number of benzene rings is 2. The van der Waals surface area contributed by atoms with E-state index in [4.69, 9.17) is 4.42 Å². The quantitative estimate of drug-likeness (QED) is 0.457. The van der Waals surface area contributed by atoms with Gasteiger partial charge in [0.25, 0.3) is 11.1 Å². The van der Waals surface area contributed by atoms with E-state index >= 15 is 0 Å². The molecule has 0 fully saturated rings. The third kappa shape index (κ3) is 2.90. The van der Waals surface area contributed by atoms with Crippen LogP contribution < -0.4 is 0 Å². The first-order valence-corrected chi connectivity index (χ1v) is 9.15. The molecule has 0 atom stereocenters. The van der Waals surface area contributed by atoms with E-state index in [-0.39, 0.29) is 0 Å². The largest absolute Gasteiger partial charge is 0.410 e. The molecule has 23 heavy (non-hydrogen) atoms. The fourth-order valence-electron chi connectivity index (χ4n) is 2.51. The maximum atomic E-state index is 5.79. The van der Waals surface area contributed by atoms with Gasteiger partial charge in [-0.05, 0) is 40.3 Å². The Morgan fingerprint density at radius 1 is 1.04 bits per heavy atom. The third-order valence-corrected chi connectivity index (χ3v) is 5.57. The van der Waals surface area contributed by atoms with Crippen LogP contribution in [-0.4, -0.2) is 10.2 Å². The number of thiophene rings is 1. The first kappa shape index (κ1) is 14.5. The van der Waals surface area contributed by atoms with Crippen LogP contribution in [0.4, 0.5) is 0 Å². The number of rotatable bonds is 4. The lowest BCUT2D eigenvalue weighted by Crippen LogP contribution is -1.84. The molecule has 3 nitrogen and oxygen atoms in total. The van der Waals surface area contributed by atoms with Crippen molar-refractivity contribution >= 4 is 33.9 Å². The fourth-order valence-corrected chi connectivity index (χ4v) is 4.12. The second kappa shape index (κ2) is 6.18. The van der Waals surface area contributed by atoms with E-state index in [2.05, 4.69) is 65.7 Å². The van der Waals surface area contributed by atoms with Crippen LogP contribution in [0, 0.1) is 6.92 Å². The van der Waals surface area contributed by atoms with Crippen molar-refractivity contribution in [2.75, 3.05) is 0 Å². The van der Waals surface area contributed by atoms with Crippen LogP contribution >= 0.6 is 23.1 Å². The predicted octanol–water partition coefficient (Wildman–Crippen LogP) is 5.55. The summed E-state index contributed by atoms with van der Waals surface area (Å²) in [5.74, 6) is 1.42. The Morgan fingerprint density at radius 2 is 1.91 bits per heavy atom. The van der Waals surface area contributed by atoms with Crippen LogP contribution in [0.5, 0.6) is 0 Å². The van der Waals surface area contributed by atoms with Crippen LogP contribution in [0.2, 0.25) is 0 Å². The number of fused-ring (bicyclic) bond motifs is 1. The summed E-state index contributed by atoms with van der Waals surface area (Å²) < 4.78 is 5.79. The van der Waals surface area contributed by atoms with Gasteiger partial charge >= 0.3 is 0 Å². The van der Waals surface area contributed by atoms with Crippen molar-refractivity contribution in [2.45, 2.75) is 17.9 Å². The third-order valence-electron chi connectivity index (χ3n) is 3.69. The maximum absolute atomic E-state index is 5.79. The number of aryl methyl sites for hydroxylation is 1. The topological polar surface area (TPSA) is 38.9 Å². The zero-order chi connectivity index (χ0) is 15.6. The Balaban J connectivity index is 1.55. The maximum Gasteiger partial charge on any atom is 0.277 e. The Labute approximate surface area is 142 Å². The van der Waals surface area contributed by atoms with Crippen LogP contribution in [0.3, 0.4) is 0 Å². The van der Waals surface area contributed by atoms with Crippen molar-refractivity contribution < 1.29 is 4.42 Å². The molecule has 0 N–H and O–H groups in total. The minimum absolute atomic E-state index is 0.609. The Kier molecular flexibility index (Phi) is 3.89. The molecule has 0 aliphatic carbocycles. The summed E-state index contributed by atoms with van der Waals surface area (Å²) in [5.41, 5.74) is 2.45. The average Bonchev–Trinajstić information content (AvgIpc) is 3.21. The molecule has 0 saturated carbocycles. The van der Waals surface area contributed by atoms with E-state index < -0.39 is 0 Å². The van der Waals surface area contributed by atoms with Gasteiger partial charge in [-0.2, -0.15) is 0 Å². The van der Waals surface area contributed by atoms with E-state index in [0.717, 1.165) is 10.6 Å². The molecular weight excluding hydrogens is 324 g/mol. The molecule has 2 aromatic heterocycles. The highest BCUT2D eigenvalue weighted by Crippen LogP contribution is 2.31. The lowest BCUT2D eigenvalue weighted by Gasteiger charge is -2.04. The van der Waals surface area contributed by atoms with Crippen LogP contribution in [0.1, 0.15) is 11.1 Å². The number of hydrogen-bond donors (Lipinski definition) is 0. The summed E-state index contributed by atoms with van der Waals surface area (Å²) in [6.45, 7) is 2.05. The second-order valence-electron chi connectivity index (χ2n) is 5.23. The average molecular weight is 338 g/mol. The monoisotopic (exact) mass is 338 g/mol. The van der Waals surface area contributed by atoms with Crippen LogP contribution in [-0.2, 0) is 5.75 Å². The summed E-state index contributed by atoms with van der Waals surface area (Å²) in [6.07, 6.45) is 0. The summed E-state index contributed by atoms with van der Waals surface area (Å²) >= 11 is 3.20. The van der Waals surface area contributed by atoms with Crippen molar-refractivity contribution in [2.24, 2.45) is 0 Å². The minimum Gasteiger partial charge on any atom is -0.410 e. The molecule has 0 radical (unpaired) electrons. The van der Waals surface area contributed by atoms with Gasteiger partial charge in [0, 0.05) is 5.75 Å². The lowest BCUT2D eigenvalue weighted by molar-refractivity contribution is 0.466. The molecule has 0 unspecified atom stereocenters. The number of nitrogens with zero attached hydrogens (tertiary/aromatic N) is 2. The van der Waals surface area contributed by atoms with E-state index in [1.54, 1.807) is 23.1 Å². The van der Waals surface area contributed by atoms with Crippen LogP contribution in [0.25, 0.3) is 21.5 Å². The molecule has 114 valence electrons. The van der Waals surface area contributed by atoms with Gasteiger partial charge in [0.1, 0.15) is 0 Å². The van der Waals surface area contributed by atoms with Crippen LogP contribution in [0.15, 0.2) is 63.6 Å². The van der Waals surface area contributed by atoms with Gasteiger partial charge < -0.3 is 4.42 Å². The predicted molar refractivity (Wildman–Crippen MR) is 95.9 cm³/mol. The first-order chi connectivity index (χ1) is 11.3. The van der Waals surface area contributed by atoms with Gasteiger partial charge in [-0.1, -0.05) is 54.2 Å². The molecular formula is C18H14N2OS2. The Hall–Kier alpha value is -2.11. The molecule has 0 bridgehead atoms. The van der Waals surface area contributed by atoms with Crippen molar-refractivity contribution in [3.05, 3.63) is 65.0 Å². The van der Waals surface area contributed by atoms with Crippen molar-refractivity contribution in [1.82, 2.24) is 10.2 Å². The van der Waals surface area contributed by atoms with E-state index in [1.165, 1.54) is 21.9 Å². The van der Waals surface area contributed by atoms with Gasteiger partial charge in [0.2, 0.25) is 0 Å². The SMILES string of the molecule is Cc1ccsc1-c1nnc(SCc2cccc3ccccc23)o1. The fraction of sp³-hybridized carbons (Fsp3) is 0.111. The smallest absolute Gasteiger partial charge is 0.277 e. The van der Waals surface area contributed by atoms with E-state index in [0.29, 0.717) is 11.1 Å². The number of aromatic nitrogens is 2. The highest BCUT2D eigenvalue weighted by molar-refractivity contribution is 7.98. The van der Waals surface area contributed by atoms with E-state index in [1.807, 2.05) is 5.38 Å². The van der Waals surface area contributed by atoms with Crippen molar-refractivity contribution in [3.63, 3.8) is 0 Å². The molecule has 0 aliphatic heterocycles. The first-order valence-electron chi connectivity index (χ1n) is 7.29. The number of hydrogen-bond acceptors (Lipinski definition) is 5. The molecule has 0 saturated heterocycles. The molecule has 5 heteroatoms. The Morgan fingerprint density at radius 3 is 2.78 bits per heavy atom. The minimum atomic E-state index is 0.609. The van der Waals surface area contributed by atoms with Crippen molar-refractivity contribution in [1.29, 1.82) is 0 Å². The zero-order valence-electron chi connectivity index (χ0n) is 12.5. The summed E-state index contributed by atoms with van der Waals surface area (Å²) in [5, 5.41) is 13.5. The molecule has 0 amide bonds. The van der Waals surface area contributed by atoms with Gasteiger partial charge in [0.05, 0.1) is 4.88 Å². The normalized spacial score (nSPS) is 11.2. The highest BCUT2D eigenvalue weighted by atomic mass is 32.2. The van der Waals surface area contributed by atoms with Crippen molar-refractivity contribution in [3.8, 4) is 10.8 Å². The summed E-state index contributed by atoms with van der Waals surface area (Å²) in [6, 6.07) is 16.9. The molecule has 0 aliphatic rings. The highest BCUT2D eigenvalue weighted by Gasteiger charge is 2.13. The summed E-state index contributed by atoms with van der Waals surface area (Å²) in [7, 11) is 0. The van der Waals surface area contributed by atoms with Gasteiger partial charge in [-0.15, -0.1) is 21.5 Å². The standard InChI is InChI=1S/C18H14N2OS2/c1-12-9-10-22-16(12)17-19-20-18(21-17)23-11-14-7-4-6-13-5-2-3-8-15(13)14/h2-10H,11H2,1H3. The number of thioether (sulfide) groups is 1. The molecule has 2 heterocycles.